The topological polar surface area (TPSA) is 223 Å². The molecule has 0 amide bonds. The minimum absolute atomic E-state index is 0.0131. The Morgan fingerprint density at radius 3 is 2.60 bits per heavy atom. The van der Waals surface area contributed by atoms with Crippen LogP contribution < -0.4 is 26.5 Å². The van der Waals surface area contributed by atoms with Gasteiger partial charge < -0.3 is 50.7 Å². The van der Waals surface area contributed by atoms with Crippen LogP contribution in [-0.2, 0) is 35.4 Å². The molecule has 14 nitrogen and oxygen atoms in total. The van der Waals surface area contributed by atoms with Crippen molar-refractivity contribution in [3.63, 3.8) is 0 Å². The van der Waals surface area contributed by atoms with Crippen molar-refractivity contribution in [3.8, 4) is 17.2 Å². The van der Waals surface area contributed by atoms with E-state index in [0.29, 0.717) is 66.9 Å². The summed E-state index contributed by atoms with van der Waals surface area (Å²) in [6.07, 6.45) is 6.19. The largest absolute Gasteiger partial charge is 0.508 e. The molecule has 8 rings (SSSR count). The van der Waals surface area contributed by atoms with Gasteiger partial charge in [0, 0.05) is 78.0 Å². The Kier molecular flexibility index (Phi) is 12.0. The molecule has 2 aromatic carbocycles. The molecule has 2 aliphatic heterocycles. The summed E-state index contributed by atoms with van der Waals surface area (Å²) in [7, 11) is 0. The number of esters is 1. The van der Waals surface area contributed by atoms with Gasteiger partial charge in [0.15, 0.2) is 5.43 Å². The molecular formula is C48H55N5O9. The number of carbonyl (C=O) groups excluding carboxylic acids is 1. The second kappa shape index (κ2) is 17.4. The molecule has 4 bridgehead atoms. The number of carbonyl (C=O) groups is 1. The summed E-state index contributed by atoms with van der Waals surface area (Å²) in [5, 5.41) is 51.7. The van der Waals surface area contributed by atoms with Gasteiger partial charge in [0.1, 0.15) is 63.9 Å². The number of hydrogen-bond acceptors (Lipinski definition) is 14. The van der Waals surface area contributed by atoms with Crippen LogP contribution in [0.3, 0.4) is 0 Å². The number of fused-ring (bicyclic) bond motifs is 5. The number of benzene rings is 2. The maximum absolute atomic E-state index is 14.2. The van der Waals surface area contributed by atoms with Crippen molar-refractivity contribution in [1.29, 1.82) is 0 Å². The molecule has 62 heavy (non-hydrogen) atoms. The Morgan fingerprint density at radius 2 is 1.89 bits per heavy atom. The van der Waals surface area contributed by atoms with Gasteiger partial charge in [-0.05, 0) is 105 Å². The van der Waals surface area contributed by atoms with Crippen LogP contribution in [0, 0.1) is 5.92 Å². The number of anilines is 2. The van der Waals surface area contributed by atoms with Gasteiger partial charge in [-0.2, -0.15) is 0 Å². The molecule has 6 atom stereocenters. The quantitative estimate of drug-likeness (QED) is 0.0612. The number of phenols is 2. The van der Waals surface area contributed by atoms with E-state index in [0.717, 1.165) is 28.6 Å². The lowest BCUT2D eigenvalue weighted by Gasteiger charge is -2.49. The first-order chi connectivity index (χ1) is 29.9. The number of nitrogen functional groups attached to an aromatic ring is 1. The number of aliphatic hydroxyl groups excluding tert-OH is 2. The minimum atomic E-state index is -1.31. The Labute approximate surface area is 359 Å². The molecule has 3 aromatic heterocycles. The van der Waals surface area contributed by atoms with Gasteiger partial charge >= 0.3 is 5.97 Å². The number of likely N-dealkylation sites (N-methyl/N-ethyl adjacent to an activating group) is 1. The lowest BCUT2D eigenvalue weighted by Crippen LogP contribution is -2.57. The number of aromatic nitrogens is 2. The highest BCUT2D eigenvalue weighted by Gasteiger charge is 2.54. The van der Waals surface area contributed by atoms with E-state index in [1.54, 1.807) is 31.3 Å². The first kappa shape index (κ1) is 42.7. The molecule has 0 radical (unpaired) electrons. The number of nitrogens with two attached hydrogens (primary N) is 1. The SMILES string of the molecule is C/C=C(/CNCC)C(=O)O[C@@H]1Cc2c3c(c4oc(CO)cc(=O)c4c2O)[C@@H]2c4ccnc(N)c4[C@@H](CCc4ccc(O)cc4[C@H]2CO)C[C@@H](Cc2ccc(NCC)nc2)[C@]1(C)O3. The second-order valence-corrected chi connectivity index (χ2v) is 16.8. The summed E-state index contributed by atoms with van der Waals surface area (Å²) < 4.78 is 20.5. The predicted molar refractivity (Wildman–Crippen MR) is 235 cm³/mol. The Balaban J connectivity index is 1.48. The molecule has 1 aliphatic carbocycles. The molecular weight excluding hydrogens is 791 g/mol. The molecule has 3 aliphatic rings. The lowest BCUT2D eigenvalue weighted by molar-refractivity contribution is -0.165. The first-order valence-corrected chi connectivity index (χ1v) is 21.5. The van der Waals surface area contributed by atoms with Gasteiger partial charge in [-0.25, -0.2) is 14.8 Å². The zero-order valence-corrected chi connectivity index (χ0v) is 35.5. The number of aryl methyl sites for hydroxylation is 1. The highest BCUT2D eigenvalue weighted by atomic mass is 16.6. The van der Waals surface area contributed by atoms with Crippen LogP contribution in [-0.4, -0.2) is 74.3 Å². The highest BCUT2D eigenvalue weighted by Crippen LogP contribution is 2.58. The van der Waals surface area contributed by atoms with E-state index in [-0.39, 0.29) is 52.7 Å². The fourth-order valence-electron chi connectivity index (χ4n) is 10.1. The Morgan fingerprint density at radius 1 is 1.06 bits per heavy atom. The molecule has 0 unspecified atom stereocenters. The monoisotopic (exact) mass is 845 g/mol. The maximum atomic E-state index is 14.2. The molecule has 0 spiro atoms. The van der Waals surface area contributed by atoms with Crippen molar-refractivity contribution in [2.45, 2.75) is 95.9 Å². The predicted octanol–water partition coefficient (Wildman–Crippen LogP) is 5.86. The number of nitrogens with zero attached hydrogens (tertiary/aromatic N) is 2. The molecule has 0 fully saturated rings. The number of rotatable bonds is 11. The van der Waals surface area contributed by atoms with E-state index in [2.05, 4.69) is 15.6 Å². The van der Waals surface area contributed by atoms with Crippen molar-refractivity contribution < 1.29 is 39.1 Å². The third-order valence-electron chi connectivity index (χ3n) is 13.3. The summed E-state index contributed by atoms with van der Waals surface area (Å²) in [5.74, 6) is -2.07. The summed E-state index contributed by atoms with van der Waals surface area (Å²) in [4.78, 5) is 37.7. The highest BCUT2D eigenvalue weighted by molar-refractivity contribution is 5.92. The Hall–Kier alpha value is -5.96. The normalized spacial score (nSPS) is 23.0. The average molecular weight is 846 g/mol. The zero-order valence-electron chi connectivity index (χ0n) is 35.5. The van der Waals surface area contributed by atoms with Crippen LogP contribution in [0.5, 0.6) is 17.2 Å². The summed E-state index contributed by atoms with van der Waals surface area (Å²) in [6, 6.07) is 12.1. The second-order valence-electron chi connectivity index (χ2n) is 16.8. The molecule has 8 N–H and O–H groups in total. The van der Waals surface area contributed by atoms with E-state index >= 15 is 0 Å². The summed E-state index contributed by atoms with van der Waals surface area (Å²) >= 11 is 0. The summed E-state index contributed by atoms with van der Waals surface area (Å²) in [5.41, 5.74) is 10.0. The van der Waals surface area contributed by atoms with Crippen molar-refractivity contribution in [3.05, 3.63) is 121 Å². The smallest absolute Gasteiger partial charge is 0.335 e. The van der Waals surface area contributed by atoms with Gasteiger partial charge in [0.05, 0.1) is 6.61 Å². The van der Waals surface area contributed by atoms with Crippen LogP contribution in [0.2, 0.25) is 0 Å². The minimum Gasteiger partial charge on any atom is -0.508 e. The number of aromatic hydroxyl groups is 2. The van der Waals surface area contributed by atoms with Gasteiger partial charge in [-0.3, -0.25) is 4.79 Å². The molecule has 5 heterocycles. The van der Waals surface area contributed by atoms with Gasteiger partial charge in [-0.15, -0.1) is 0 Å². The number of aliphatic hydroxyl groups is 2. The standard InChI is InChI=1S/C48H55N5O9/c1-5-26(22-50-6-2)47(59)61-37-20-34-43(58)41-36(57)19-31(23-54)60-45(41)42-40-32-14-15-52-46(49)39(32)28(10-9-27-11-12-30(56)18-33(27)35(40)24-55)17-29(48(37,4)62-44(34)42)16-25-8-13-38(51-7-3)53-21-25/h5,8,11-15,18-19,21,28-29,35,37,40,50,54-56,58H,6-7,9-10,16-17,20,22-24H2,1-4H3,(H2,49,52)(H,51,53)/b26-5-/t28-,29+,35+,37+,40+,48-/m0/s1. The molecule has 326 valence electrons. The molecule has 14 heteroatoms. The molecule has 0 saturated heterocycles. The van der Waals surface area contributed by atoms with Gasteiger partial charge in [-0.1, -0.05) is 25.1 Å². The van der Waals surface area contributed by atoms with Crippen molar-refractivity contribution in [2.24, 2.45) is 5.92 Å². The number of phenolic OH excluding ortho intramolecular Hbond substituents is 2. The van der Waals surface area contributed by atoms with Gasteiger partial charge in [0.2, 0.25) is 0 Å². The van der Waals surface area contributed by atoms with E-state index < -0.39 is 59.8 Å². The van der Waals surface area contributed by atoms with E-state index in [4.69, 9.17) is 24.6 Å². The Bertz CT molecular complexity index is 2590. The van der Waals surface area contributed by atoms with Crippen LogP contribution in [0.1, 0.15) is 103 Å². The third-order valence-corrected chi connectivity index (χ3v) is 13.3. The van der Waals surface area contributed by atoms with E-state index in [1.807, 2.05) is 51.2 Å². The van der Waals surface area contributed by atoms with Crippen LogP contribution in [0.15, 0.2) is 75.7 Å². The third kappa shape index (κ3) is 7.54. The lowest BCUT2D eigenvalue weighted by atomic mass is 9.67. The van der Waals surface area contributed by atoms with E-state index in [1.165, 1.54) is 0 Å². The fourth-order valence-corrected chi connectivity index (χ4v) is 10.1. The summed E-state index contributed by atoms with van der Waals surface area (Å²) in [6.45, 7) is 8.25. The average Bonchev–Trinajstić information content (AvgIpc) is 3.31. The zero-order chi connectivity index (χ0) is 43.9. The van der Waals surface area contributed by atoms with Crippen LogP contribution in [0.25, 0.3) is 11.0 Å². The van der Waals surface area contributed by atoms with Crippen molar-refractivity contribution >= 4 is 28.6 Å². The number of nitrogens with one attached hydrogen (secondary N) is 2. The first-order valence-electron chi connectivity index (χ1n) is 21.5. The van der Waals surface area contributed by atoms with Gasteiger partial charge in [0.25, 0.3) is 0 Å². The fraction of sp³-hybridized carbons (Fsp3) is 0.417. The number of allylic oxidation sites excluding steroid dienone is 1. The molecule has 5 aromatic rings. The van der Waals surface area contributed by atoms with Crippen molar-refractivity contribution in [1.82, 2.24) is 15.3 Å². The van der Waals surface area contributed by atoms with E-state index in [9.17, 15) is 30.0 Å². The number of ether oxygens (including phenoxy) is 2. The van der Waals surface area contributed by atoms with Crippen LogP contribution >= 0.6 is 0 Å². The van der Waals surface area contributed by atoms with Crippen LogP contribution in [0.4, 0.5) is 11.6 Å². The van der Waals surface area contributed by atoms with Crippen molar-refractivity contribution in [2.75, 3.05) is 37.3 Å². The number of pyridine rings is 2. The maximum Gasteiger partial charge on any atom is 0.335 e. The molecule has 0 saturated carbocycles. The number of hydrogen-bond donors (Lipinski definition) is 7.